The maximum atomic E-state index is 12.3. The lowest BCUT2D eigenvalue weighted by Gasteiger charge is -2.13. The second-order valence-electron chi connectivity index (χ2n) is 5.34. The molecule has 0 radical (unpaired) electrons. The summed E-state index contributed by atoms with van der Waals surface area (Å²) < 4.78 is 20.9. The highest BCUT2D eigenvalue weighted by molar-refractivity contribution is 5.96. The summed E-state index contributed by atoms with van der Waals surface area (Å²) in [6.45, 7) is 1.94. The third-order valence-electron chi connectivity index (χ3n) is 3.73. The molecule has 0 saturated heterocycles. The number of hydrogen-bond acceptors (Lipinski definition) is 6. The fourth-order valence-electron chi connectivity index (χ4n) is 2.42. The average molecular weight is 358 g/mol. The van der Waals surface area contributed by atoms with Crippen LogP contribution in [0.5, 0.6) is 23.0 Å². The molecule has 0 aromatic heterocycles. The highest BCUT2D eigenvalue weighted by Gasteiger charge is 2.16. The molecule has 0 bridgehead atoms. The standard InChI is InChI=1S/C19H22N2O5/c1-12-8-13(6-7-15(12)23-2)11-20-21-19(22)14-9-16(24-3)18(26-5)17(10-14)25-4/h6-11H,1-5H3,(H,21,22). The van der Waals surface area contributed by atoms with Crippen molar-refractivity contribution >= 4 is 12.1 Å². The van der Waals surface area contributed by atoms with Crippen LogP contribution in [-0.4, -0.2) is 40.6 Å². The lowest BCUT2D eigenvalue weighted by atomic mass is 10.1. The quantitative estimate of drug-likeness (QED) is 0.608. The second-order valence-corrected chi connectivity index (χ2v) is 5.34. The Bertz CT molecular complexity index is 793. The van der Waals surface area contributed by atoms with Crippen molar-refractivity contribution in [2.75, 3.05) is 28.4 Å². The number of aryl methyl sites for hydroxylation is 1. The Labute approximate surface area is 152 Å². The predicted molar refractivity (Wildman–Crippen MR) is 98.9 cm³/mol. The summed E-state index contributed by atoms with van der Waals surface area (Å²) >= 11 is 0. The first kappa shape index (κ1) is 19.1. The number of ether oxygens (including phenoxy) is 4. The molecule has 26 heavy (non-hydrogen) atoms. The third-order valence-corrected chi connectivity index (χ3v) is 3.73. The molecule has 0 unspecified atom stereocenters. The Hall–Kier alpha value is -3.22. The van der Waals surface area contributed by atoms with E-state index in [1.54, 1.807) is 25.5 Å². The van der Waals surface area contributed by atoms with Crippen molar-refractivity contribution in [2.45, 2.75) is 6.92 Å². The van der Waals surface area contributed by atoms with Gasteiger partial charge < -0.3 is 18.9 Å². The summed E-state index contributed by atoms with van der Waals surface area (Å²) in [5.74, 6) is 1.61. The van der Waals surface area contributed by atoms with Crippen LogP contribution in [0.4, 0.5) is 0 Å². The lowest BCUT2D eigenvalue weighted by Crippen LogP contribution is -2.18. The topological polar surface area (TPSA) is 78.4 Å². The van der Waals surface area contributed by atoms with E-state index in [0.717, 1.165) is 16.9 Å². The number of carbonyl (C=O) groups is 1. The molecule has 0 aliphatic rings. The van der Waals surface area contributed by atoms with E-state index >= 15 is 0 Å². The van der Waals surface area contributed by atoms with E-state index in [-0.39, 0.29) is 0 Å². The zero-order valence-electron chi connectivity index (χ0n) is 15.5. The molecule has 0 fully saturated rings. The number of methoxy groups -OCH3 is 4. The van der Waals surface area contributed by atoms with Gasteiger partial charge in [0.2, 0.25) is 5.75 Å². The van der Waals surface area contributed by atoms with Crippen molar-refractivity contribution in [1.29, 1.82) is 0 Å². The first-order valence-electron chi connectivity index (χ1n) is 7.82. The van der Waals surface area contributed by atoms with Gasteiger partial charge in [0.15, 0.2) is 11.5 Å². The number of hydrogen-bond donors (Lipinski definition) is 1. The molecule has 0 atom stereocenters. The van der Waals surface area contributed by atoms with Crippen molar-refractivity contribution in [1.82, 2.24) is 5.43 Å². The number of nitrogens with one attached hydrogen (secondary N) is 1. The van der Waals surface area contributed by atoms with Crippen LogP contribution in [0.25, 0.3) is 0 Å². The van der Waals surface area contributed by atoms with E-state index in [9.17, 15) is 4.79 Å². The number of amides is 1. The molecule has 0 aliphatic carbocycles. The van der Waals surface area contributed by atoms with Crippen molar-refractivity contribution in [2.24, 2.45) is 5.10 Å². The van der Waals surface area contributed by atoms with Gasteiger partial charge in [-0.2, -0.15) is 5.10 Å². The summed E-state index contributed by atoms with van der Waals surface area (Å²) in [5, 5.41) is 3.99. The summed E-state index contributed by atoms with van der Waals surface area (Å²) in [6, 6.07) is 8.72. The minimum atomic E-state index is -0.397. The summed E-state index contributed by atoms with van der Waals surface area (Å²) in [5.41, 5.74) is 4.64. The van der Waals surface area contributed by atoms with Crippen LogP contribution < -0.4 is 24.4 Å². The summed E-state index contributed by atoms with van der Waals surface area (Å²) in [4.78, 5) is 12.3. The van der Waals surface area contributed by atoms with Gasteiger partial charge in [-0.15, -0.1) is 0 Å². The summed E-state index contributed by atoms with van der Waals surface area (Å²) in [6.07, 6.45) is 1.56. The molecular weight excluding hydrogens is 336 g/mol. The van der Waals surface area contributed by atoms with Crippen LogP contribution in [0.1, 0.15) is 21.5 Å². The van der Waals surface area contributed by atoms with E-state index < -0.39 is 5.91 Å². The van der Waals surface area contributed by atoms with E-state index in [1.807, 2.05) is 25.1 Å². The maximum absolute atomic E-state index is 12.3. The molecule has 0 aliphatic heterocycles. The van der Waals surface area contributed by atoms with Gasteiger partial charge in [0, 0.05) is 5.56 Å². The first-order chi connectivity index (χ1) is 12.5. The molecule has 0 saturated carbocycles. The molecule has 1 N–H and O–H groups in total. The van der Waals surface area contributed by atoms with Crippen LogP contribution >= 0.6 is 0 Å². The van der Waals surface area contributed by atoms with Gasteiger partial charge in [0.1, 0.15) is 5.75 Å². The number of rotatable bonds is 7. The molecule has 2 rings (SSSR count). The monoisotopic (exact) mass is 358 g/mol. The number of benzene rings is 2. The van der Waals surface area contributed by atoms with Gasteiger partial charge in [0.05, 0.1) is 34.7 Å². The van der Waals surface area contributed by atoms with Crippen LogP contribution in [0.15, 0.2) is 35.4 Å². The van der Waals surface area contributed by atoms with Crippen LogP contribution in [0, 0.1) is 6.92 Å². The van der Waals surface area contributed by atoms with Gasteiger partial charge in [-0.05, 0) is 48.4 Å². The highest BCUT2D eigenvalue weighted by Crippen LogP contribution is 2.38. The van der Waals surface area contributed by atoms with E-state index in [2.05, 4.69) is 10.5 Å². The van der Waals surface area contributed by atoms with Crippen LogP contribution in [0.2, 0.25) is 0 Å². The fraction of sp³-hybridized carbons (Fsp3) is 0.263. The Balaban J connectivity index is 2.16. The average Bonchev–Trinajstić information content (AvgIpc) is 2.66. The van der Waals surface area contributed by atoms with Crippen LogP contribution in [-0.2, 0) is 0 Å². The minimum absolute atomic E-state index is 0.336. The molecule has 1 amide bonds. The maximum Gasteiger partial charge on any atom is 0.271 e. The van der Waals surface area contributed by atoms with Crippen molar-refractivity contribution in [3.8, 4) is 23.0 Å². The Kier molecular flexibility index (Phi) is 6.43. The SMILES string of the molecule is COc1ccc(C=NNC(=O)c2cc(OC)c(OC)c(OC)c2)cc1C. The molecule has 2 aromatic rings. The van der Waals surface area contributed by atoms with E-state index in [1.165, 1.54) is 21.3 Å². The summed E-state index contributed by atoms with van der Waals surface area (Å²) in [7, 11) is 6.10. The predicted octanol–water partition coefficient (Wildman–Crippen LogP) is 2.79. The molecule has 138 valence electrons. The molecule has 7 heteroatoms. The number of hydrazone groups is 1. The molecule has 0 heterocycles. The zero-order chi connectivity index (χ0) is 19.1. The lowest BCUT2D eigenvalue weighted by molar-refractivity contribution is 0.0954. The highest BCUT2D eigenvalue weighted by atomic mass is 16.5. The van der Waals surface area contributed by atoms with Gasteiger partial charge in [-0.25, -0.2) is 5.43 Å². The smallest absolute Gasteiger partial charge is 0.271 e. The molecule has 0 spiro atoms. The number of carbonyl (C=O) groups excluding carboxylic acids is 1. The van der Waals surface area contributed by atoms with Gasteiger partial charge >= 0.3 is 0 Å². The second kappa shape index (κ2) is 8.75. The Morgan fingerprint density at radius 2 is 1.54 bits per heavy atom. The minimum Gasteiger partial charge on any atom is -0.496 e. The zero-order valence-corrected chi connectivity index (χ0v) is 15.5. The van der Waals surface area contributed by atoms with Crippen molar-refractivity contribution in [3.63, 3.8) is 0 Å². The molecule has 2 aromatic carbocycles. The molecule has 7 nitrogen and oxygen atoms in total. The Morgan fingerprint density at radius 1 is 0.923 bits per heavy atom. The van der Waals surface area contributed by atoms with Crippen molar-refractivity contribution in [3.05, 3.63) is 47.0 Å². The number of nitrogens with zero attached hydrogens (tertiary/aromatic N) is 1. The first-order valence-corrected chi connectivity index (χ1v) is 7.82. The van der Waals surface area contributed by atoms with Gasteiger partial charge in [0.25, 0.3) is 5.91 Å². The van der Waals surface area contributed by atoms with Gasteiger partial charge in [-0.1, -0.05) is 0 Å². The third kappa shape index (κ3) is 4.24. The van der Waals surface area contributed by atoms with E-state index in [0.29, 0.717) is 22.8 Å². The van der Waals surface area contributed by atoms with Crippen LogP contribution in [0.3, 0.4) is 0 Å². The van der Waals surface area contributed by atoms with E-state index in [4.69, 9.17) is 18.9 Å². The van der Waals surface area contributed by atoms with Crippen molar-refractivity contribution < 1.29 is 23.7 Å². The largest absolute Gasteiger partial charge is 0.496 e. The fourth-order valence-corrected chi connectivity index (χ4v) is 2.42. The normalized spacial score (nSPS) is 10.5. The Morgan fingerprint density at radius 3 is 2.04 bits per heavy atom. The van der Waals surface area contributed by atoms with Gasteiger partial charge in [-0.3, -0.25) is 4.79 Å². The molecular formula is C19H22N2O5.